The maximum atomic E-state index is 13.7. The number of carbonyl (C=O) groups is 2. The summed E-state index contributed by atoms with van der Waals surface area (Å²) in [5.74, 6) is 1.04. The predicted molar refractivity (Wildman–Crippen MR) is 144 cm³/mol. The van der Waals surface area contributed by atoms with Gasteiger partial charge >= 0.3 is 0 Å². The van der Waals surface area contributed by atoms with Crippen LogP contribution in [0, 0.1) is 0 Å². The summed E-state index contributed by atoms with van der Waals surface area (Å²) in [7, 11) is 0. The molecule has 1 amide bonds. The molecular formula is C30H31N5O2. The molecule has 0 aliphatic carbocycles. The molecule has 0 saturated carbocycles. The minimum absolute atomic E-state index is 0.0342. The highest BCUT2D eigenvalue weighted by Gasteiger charge is 2.32. The second-order valence-electron chi connectivity index (χ2n) is 10.1. The van der Waals surface area contributed by atoms with Crippen molar-refractivity contribution in [3.05, 3.63) is 89.0 Å². The summed E-state index contributed by atoms with van der Waals surface area (Å²) in [6.45, 7) is 3.83. The van der Waals surface area contributed by atoms with Crippen LogP contribution < -0.4 is 5.32 Å². The summed E-state index contributed by atoms with van der Waals surface area (Å²) in [5, 5.41) is 4.41. The molecule has 1 N–H and O–H groups in total. The fraction of sp³-hybridized carbons (Fsp3) is 0.333. The van der Waals surface area contributed by atoms with Crippen molar-refractivity contribution in [2.24, 2.45) is 0 Å². The largest absolute Gasteiger partial charge is 0.370 e. The lowest BCUT2D eigenvalue weighted by atomic mass is 9.99. The number of carbonyl (C=O) groups excluding carboxylic acids is 2. The van der Waals surface area contributed by atoms with E-state index in [-0.39, 0.29) is 24.2 Å². The molecule has 1 atom stereocenters. The first kappa shape index (κ1) is 23.4. The number of ketones is 1. The Labute approximate surface area is 216 Å². The first-order valence-corrected chi connectivity index (χ1v) is 13.1. The Morgan fingerprint density at radius 3 is 2.89 bits per heavy atom. The van der Waals surface area contributed by atoms with E-state index in [4.69, 9.17) is 4.98 Å². The number of nitrogens with one attached hydrogen (secondary N) is 1. The third kappa shape index (κ3) is 4.73. The summed E-state index contributed by atoms with van der Waals surface area (Å²) >= 11 is 0. The van der Waals surface area contributed by atoms with Crippen LogP contribution >= 0.6 is 0 Å². The topological polar surface area (TPSA) is 80.1 Å². The Morgan fingerprint density at radius 1 is 1.11 bits per heavy atom. The average Bonchev–Trinajstić information content (AvgIpc) is 3.35. The van der Waals surface area contributed by atoms with Gasteiger partial charge in [-0.3, -0.25) is 14.6 Å². The first-order valence-electron chi connectivity index (χ1n) is 13.1. The van der Waals surface area contributed by atoms with E-state index in [0.717, 1.165) is 65.8 Å². The fourth-order valence-electron chi connectivity index (χ4n) is 5.56. The zero-order chi connectivity index (χ0) is 25.4. The van der Waals surface area contributed by atoms with Crippen LogP contribution in [0.5, 0.6) is 0 Å². The summed E-state index contributed by atoms with van der Waals surface area (Å²) < 4.78 is 2.06. The van der Waals surface area contributed by atoms with Gasteiger partial charge < -0.3 is 14.8 Å². The molecule has 0 saturated heterocycles. The van der Waals surface area contributed by atoms with Gasteiger partial charge in [0, 0.05) is 49.5 Å². The lowest BCUT2D eigenvalue weighted by Crippen LogP contribution is -2.42. The highest BCUT2D eigenvalue weighted by Crippen LogP contribution is 2.31. The summed E-state index contributed by atoms with van der Waals surface area (Å²) in [6.07, 6.45) is 8.07. The normalized spacial score (nSPS) is 15.7. The smallest absolute Gasteiger partial charge is 0.271 e. The zero-order valence-corrected chi connectivity index (χ0v) is 21.1. The number of aryl methyl sites for hydroxylation is 3. The molecule has 0 radical (unpaired) electrons. The van der Waals surface area contributed by atoms with E-state index in [2.05, 4.69) is 39.3 Å². The second kappa shape index (κ2) is 9.81. The molecule has 2 aliphatic heterocycles. The van der Waals surface area contributed by atoms with Crippen LogP contribution in [0.15, 0.2) is 60.9 Å². The van der Waals surface area contributed by atoms with Gasteiger partial charge in [0.2, 0.25) is 0 Å². The number of nitrogens with zero attached hydrogens (tertiary/aromatic N) is 4. The van der Waals surface area contributed by atoms with Crippen molar-refractivity contribution in [3.63, 3.8) is 0 Å². The van der Waals surface area contributed by atoms with Crippen LogP contribution in [0.3, 0.4) is 0 Å². The number of benzene rings is 1. The van der Waals surface area contributed by atoms with Crippen LogP contribution in [0.25, 0.3) is 10.9 Å². The van der Waals surface area contributed by atoms with Gasteiger partial charge in [-0.15, -0.1) is 0 Å². The van der Waals surface area contributed by atoms with Crippen LogP contribution in [0.2, 0.25) is 0 Å². The molecule has 188 valence electrons. The molecule has 7 heteroatoms. The summed E-state index contributed by atoms with van der Waals surface area (Å²) in [4.78, 5) is 37.2. The molecule has 37 heavy (non-hydrogen) atoms. The molecule has 0 bridgehead atoms. The summed E-state index contributed by atoms with van der Waals surface area (Å²) in [5.41, 5.74) is 5.98. The number of aromatic nitrogens is 3. The Kier molecular flexibility index (Phi) is 6.20. The van der Waals surface area contributed by atoms with E-state index >= 15 is 0 Å². The van der Waals surface area contributed by atoms with Crippen molar-refractivity contribution in [3.8, 4) is 0 Å². The molecule has 1 aromatic carbocycles. The molecule has 4 aromatic rings. The second-order valence-corrected chi connectivity index (χ2v) is 10.1. The van der Waals surface area contributed by atoms with Gasteiger partial charge in [-0.25, -0.2) is 4.98 Å². The molecule has 0 unspecified atom stereocenters. The van der Waals surface area contributed by atoms with Crippen molar-refractivity contribution in [2.45, 2.75) is 51.6 Å². The number of fused-ring (bicyclic) bond motifs is 3. The lowest BCUT2D eigenvalue weighted by molar-refractivity contribution is -0.118. The van der Waals surface area contributed by atoms with Gasteiger partial charge in [-0.05, 0) is 73.6 Å². The Hall–Kier alpha value is -4.00. The number of amides is 1. The Morgan fingerprint density at radius 2 is 2.00 bits per heavy atom. The Balaban J connectivity index is 1.22. The fourth-order valence-corrected chi connectivity index (χ4v) is 5.56. The summed E-state index contributed by atoms with van der Waals surface area (Å²) in [6, 6.07) is 16.0. The zero-order valence-electron chi connectivity index (χ0n) is 21.1. The number of Topliss-reactive ketones (excluding diaryl/α,β-unsaturated/α-hetero) is 1. The van der Waals surface area contributed by atoms with E-state index in [1.165, 1.54) is 5.56 Å². The van der Waals surface area contributed by atoms with Gasteiger partial charge in [0.05, 0.1) is 11.6 Å². The predicted octanol–water partition coefficient (Wildman–Crippen LogP) is 4.75. The molecule has 7 nitrogen and oxygen atoms in total. The highest BCUT2D eigenvalue weighted by atomic mass is 16.2. The van der Waals surface area contributed by atoms with Crippen molar-refractivity contribution < 1.29 is 9.59 Å². The van der Waals surface area contributed by atoms with Gasteiger partial charge in [0.15, 0.2) is 0 Å². The van der Waals surface area contributed by atoms with Crippen LogP contribution in [-0.4, -0.2) is 44.2 Å². The average molecular weight is 494 g/mol. The van der Waals surface area contributed by atoms with Crippen molar-refractivity contribution in [2.75, 3.05) is 18.4 Å². The maximum Gasteiger partial charge on any atom is 0.271 e. The van der Waals surface area contributed by atoms with Gasteiger partial charge in [-0.2, -0.15) is 0 Å². The van der Waals surface area contributed by atoms with E-state index in [1.54, 1.807) is 6.92 Å². The van der Waals surface area contributed by atoms with E-state index in [1.807, 2.05) is 41.4 Å². The number of pyridine rings is 2. The van der Waals surface area contributed by atoms with E-state index in [0.29, 0.717) is 18.8 Å². The van der Waals surface area contributed by atoms with Gasteiger partial charge in [0.25, 0.3) is 5.91 Å². The number of hydrogen-bond donors (Lipinski definition) is 1. The highest BCUT2D eigenvalue weighted by molar-refractivity contribution is 5.94. The number of hydrogen-bond acceptors (Lipinski definition) is 5. The van der Waals surface area contributed by atoms with Gasteiger partial charge in [0.1, 0.15) is 17.3 Å². The molecule has 2 aliphatic rings. The van der Waals surface area contributed by atoms with Crippen molar-refractivity contribution >= 4 is 28.4 Å². The number of anilines is 1. The van der Waals surface area contributed by atoms with Gasteiger partial charge in [-0.1, -0.05) is 24.3 Å². The standard InChI is InChI=1S/C30H31N5O2/c1-20(36)15-27(24-17-23-5-2-3-7-26(23)32-18-24)35-14-13-34-19-21(16-28(34)30(35)37)8-10-25-11-9-22-6-4-12-31-29(22)33-25/h2-3,5,7,9,11,16-19,27H,4,6,8,10,12-15H2,1H3,(H,31,33)/t27-/m0/s1. The molecule has 0 spiro atoms. The maximum absolute atomic E-state index is 13.7. The van der Waals surface area contributed by atoms with Crippen molar-refractivity contribution in [1.82, 2.24) is 19.4 Å². The third-order valence-corrected chi connectivity index (χ3v) is 7.49. The van der Waals surface area contributed by atoms with E-state index < -0.39 is 0 Å². The molecule has 0 fully saturated rings. The third-order valence-electron chi connectivity index (χ3n) is 7.49. The quantitative estimate of drug-likeness (QED) is 0.402. The van der Waals surface area contributed by atoms with E-state index in [9.17, 15) is 9.59 Å². The molecular weight excluding hydrogens is 462 g/mol. The van der Waals surface area contributed by atoms with Crippen LogP contribution in [0.1, 0.15) is 58.7 Å². The number of rotatable bonds is 7. The molecule has 3 aromatic heterocycles. The van der Waals surface area contributed by atoms with Crippen LogP contribution in [-0.2, 0) is 30.6 Å². The minimum atomic E-state index is -0.332. The molecule has 6 rings (SSSR count). The minimum Gasteiger partial charge on any atom is -0.370 e. The molecule has 5 heterocycles. The lowest BCUT2D eigenvalue weighted by Gasteiger charge is -2.35. The first-order chi connectivity index (χ1) is 18.0. The van der Waals surface area contributed by atoms with Crippen LogP contribution in [0.4, 0.5) is 5.82 Å². The van der Waals surface area contributed by atoms with Crippen molar-refractivity contribution in [1.29, 1.82) is 0 Å². The number of para-hydroxylation sites is 1. The monoisotopic (exact) mass is 493 g/mol. The Bertz CT molecular complexity index is 1490. The SMILES string of the molecule is CC(=O)C[C@@H](c1cnc2ccccc2c1)N1CCn2cc(CCc3ccc4c(n3)NCCC4)cc2C1=O.